The molecule has 1 fully saturated rings. The van der Waals surface area contributed by atoms with Gasteiger partial charge in [-0.1, -0.05) is 18.2 Å². The molecule has 2 amide bonds. The van der Waals surface area contributed by atoms with Crippen LogP contribution in [0.2, 0.25) is 0 Å². The summed E-state index contributed by atoms with van der Waals surface area (Å²) in [6.07, 6.45) is 9.47. The molecule has 1 saturated heterocycles. The molecule has 0 saturated carbocycles. The molecule has 3 aliphatic rings. The molecule has 2 N–H and O–H groups in total. The largest absolute Gasteiger partial charge is 0.463 e. The van der Waals surface area contributed by atoms with Gasteiger partial charge in [-0.2, -0.15) is 0 Å². The molecule has 1 aliphatic carbocycles. The Bertz CT molecular complexity index is 778. The zero-order valence-corrected chi connectivity index (χ0v) is 17.6. The van der Waals surface area contributed by atoms with Crippen LogP contribution in [0.25, 0.3) is 0 Å². The van der Waals surface area contributed by atoms with E-state index in [2.05, 4.69) is 16.7 Å². The number of nitrogens with zero attached hydrogens (tertiary/aromatic N) is 1. The van der Waals surface area contributed by atoms with Crippen LogP contribution in [0.4, 0.5) is 9.59 Å². The summed E-state index contributed by atoms with van der Waals surface area (Å²) >= 11 is 0. The minimum absolute atomic E-state index is 0.307. The molecule has 2 heterocycles. The first-order valence-electron chi connectivity index (χ1n) is 10.1. The van der Waals surface area contributed by atoms with Gasteiger partial charge in [0, 0.05) is 19.6 Å². The van der Waals surface area contributed by atoms with Crippen LogP contribution in [0, 0.1) is 0 Å². The standard InChI is InChI=1S/C21H29N3O6/c1-21(2,3)30-19(25)23-10-9-22-11-16-12-24(20(26)28-16)18-14-27-13-17(29-18)15-7-5-4-6-8-15/h4-5,7,13-14,16,22H,6,8-12H2,1-3H3,(H,23,25)/t16-/m1/s1. The van der Waals surface area contributed by atoms with Crippen molar-refractivity contribution < 1.29 is 28.5 Å². The van der Waals surface area contributed by atoms with Crippen LogP contribution in [-0.4, -0.2) is 55.0 Å². The number of rotatable bonds is 7. The molecule has 0 unspecified atom stereocenters. The van der Waals surface area contributed by atoms with Crippen LogP contribution in [-0.2, 0) is 18.9 Å². The van der Waals surface area contributed by atoms with Crippen LogP contribution in [0.1, 0.15) is 33.6 Å². The highest BCUT2D eigenvalue weighted by atomic mass is 16.6. The monoisotopic (exact) mass is 419 g/mol. The molecular weight excluding hydrogens is 390 g/mol. The predicted octanol–water partition coefficient (Wildman–Crippen LogP) is 2.89. The highest BCUT2D eigenvalue weighted by molar-refractivity contribution is 5.72. The first kappa shape index (κ1) is 21.8. The van der Waals surface area contributed by atoms with Gasteiger partial charge in [-0.3, -0.25) is 0 Å². The lowest BCUT2D eigenvalue weighted by atomic mass is 10.0. The van der Waals surface area contributed by atoms with Gasteiger partial charge in [0.15, 0.2) is 12.0 Å². The van der Waals surface area contributed by atoms with E-state index < -0.39 is 17.8 Å². The molecule has 2 aliphatic heterocycles. The Morgan fingerprint density at radius 1 is 1.30 bits per heavy atom. The molecule has 164 valence electrons. The summed E-state index contributed by atoms with van der Waals surface area (Å²) < 4.78 is 21.8. The topological polar surface area (TPSA) is 98.4 Å². The Labute approximate surface area is 176 Å². The molecule has 0 radical (unpaired) electrons. The van der Waals surface area contributed by atoms with Gasteiger partial charge in [0.25, 0.3) is 0 Å². The Hall–Kier alpha value is -2.94. The van der Waals surface area contributed by atoms with Crippen molar-refractivity contribution in [2.75, 3.05) is 26.2 Å². The summed E-state index contributed by atoms with van der Waals surface area (Å²) in [6, 6.07) is 0. The maximum Gasteiger partial charge on any atom is 0.417 e. The number of nitrogens with one attached hydrogen (secondary N) is 2. The van der Waals surface area contributed by atoms with Crippen molar-refractivity contribution in [3.8, 4) is 0 Å². The Morgan fingerprint density at radius 2 is 2.13 bits per heavy atom. The second kappa shape index (κ2) is 9.71. The number of carbonyl (C=O) groups is 2. The Morgan fingerprint density at radius 3 is 2.87 bits per heavy atom. The molecule has 9 heteroatoms. The summed E-state index contributed by atoms with van der Waals surface area (Å²) in [5.41, 5.74) is 0.490. The molecule has 0 bridgehead atoms. The molecule has 0 spiro atoms. The quantitative estimate of drug-likeness (QED) is 0.612. The van der Waals surface area contributed by atoms with Gasteiger partial charge < -0.3 is 29.6 Å². The average Bonchev–Trinajstić information content (AvgIpc) is 3.07. The Kier molecular flexibility index (Phi) is 7.04. The van der Waals surface area contributed by atoms with E-state index in [1.54, 1.807) is 0 Å². The third-order valence-corrected chi connectivity index (χ3v) is 4.37. The van der Waals surface area contributed by atoms with E-state index >= 15 is 0 Å². The van der Waals surface area contributed by atoms with E-state index in [1.165, 1.54) is 17.4 Å². The van der Waals surface area contributed by atoms with Crippen molar-refractivity contribution in [3.05, 3.63) is 48.0 Å². The summed E-state index contributed by atoms with van der Waals surface area (Å²) in [5.74, 6) is 0.904. The molecule has 0 aromatic carbocycles. The smallest absolute Gasteiger partial charge is 0.417 e. The van der Waals surface area contributed by atoms with Crippen LogP contribution in [0.5, 0.6) is 0 Å². The Balaban J connectivity index is 1.39. The van der Waals surface area contributed by atoms with Crippen molar-refractivity contribution >= 4 is 12.2 Å². The lowest BCUT2D eigenvalue weighted by Crippen LogP contribution is -2.38. The summed E-state index contributed by atoms with van der Waals surface area (Å²) in [7, 11) is 0. The number of hydrogen-bond donors (Lipinski definition) is 2. The second-order valence-corrected chi connectivity index (χ2v) is 8.08. The maximum absolute atomic E-state index is 12.3. The van der Waals surface area contributed by atoms with Crippen molar-refractivity contribution in [1.29, 1.82) is 0 Å². The number of ether oxygens (including phenoxy) is 4. The van der Waals surface area contributed by atoms with Crippen LogP contribution < -0.4 is 10.6 Å². The van der Waals surface area contributed by atoms with Crippen molar-refractivity contribution in [2.45, 2.75) is 45.3 Å². The number of carbonyl (C=O) groups excluding carboxylic acids is 2. The average molecular weight is 419 g/mol. The van der Waals surface area contributed by atoms with Gasteiger partial charge in [0.1, 0.15) is 18.0 Å². The van der Waals surface area contributed by atoms with Crippen LogP contribution in [0.15, 0.2) is 48.0 Å². The van der Waals surface area contributed by atoms with Gasteiger partial charge in [-0.15, -0.1) is 0 Å². The molecule has 3 rings (SSSR count). The molecule has 9 nitrogen and oxygen atoms in total. The lowest BCUT2D eigenvalue weighted by molar-refractivity contribution is 0.0528. The summed E-state index contributed by atoms with van der Waals surface area (Å²) in [5, 5.41) is 5.82. The number of alkyl carbamates (subject to hydrolysis) is 1. The number of hydrogen-bond acceptors (Lipinski definition) is 7. The SMILES string of the molecule is CC(C)(C)OC(=O)NCCNC[C@@H]1CN(C2=COC=C(C3=CC=CCC3)O2)C(=O)O1. The van der Waals surface area contributed by atoms with Crippen molar-refractivity contribution in [2.24, 2.45) is 0 Å². The number of allylic oxidation sites excluding steroid dienone is 4. The van der Waals surface area contributed by atoms with Gasteiger partial charge in [0.2, 0.25) is 5.88 Å². The molecular formula is C21H29N3O6. The van der Waals surface area contributed by atoms with E-state index in [-0.39, 0.29) is 6.10 Å². The van der Waals surface area contributed by atoms with E-state index in [1.807, 2.05) is 32.9 Å². The third kappa shape index (κ3) is 6.28. The lowest BCUT2D eigenvalue weighted by Gasteiger charge is -2.23. The fourth-order valence-electron chi connectivity index (χ4n) is 3.02. The first-order valence-corrected chi connectivity index (χ1v) is 10.1. The van der Waals surface area contributed by atoms with Gasteiger partial charge in [-0.05, 0) is 39.2 Å². The fourth-order valence-corrected chi connectivity index (χ4v) is 3.02. The molecule has 0 aromatic heterocycles. The van der Waals surface area contributed by atoms with Crippen molar-refractivity contribution in [3.63, 3.8) is 0 Å². The van der Waals surface area contributed by atoms with Gasteiger partial charge >= 0.3 is 12.2 Å². The summed E-state index contributed by atoms with van der Waals surface area (Å²) in [4.78, 5) is 25.3. The molecule has 30 heavy (non-hydrogen) atoms. The van der Waals surface area contributed by atoms with Gasteiger partial charge in [-0.25, -0.2) is 14.5 Å². The predicted molar refractivity (Wildman–Crippen MR) is 109 cm³/mol. The van der Waals surface area contributed by atoms with Crippen LogP contribution >= 0.6 is 0 Å². The highest BCUT2D eigenvalue weighted by Gasteiger charge is 2.36. The minimum atomic E-state index is -0.530. The van der Waals surface area contributed by atoms with E-state index in [0.29, 0.717) is 37.8 Å². The minimum Gasteiger partial charge on any atom is -0.463 e. The fraction of sp³-hybridized carbons (Fsp3) is 0.524. The van der Waals surface area contributed by atoms with E-state index in [0.717, 1.165) is 18.4 Å². The third-order valence-electron chi connectivity index (χ3n) is 4.37. The number of amides is 2. The molecule has 0 aromatic rings. The van der Waals surface area contributed by atoms with E-state index in [9.17, 15) is 9.59 Å². The van der Waals surface area contributed by atoms with Gasteiger partial charge in [0.05, 0.1) is 6.54 Å². The number of cyclic esters (lactones) is 1. The zero-order chi connectivity index (χ0) is 21.6. The first-order chi connectivity index (χ1) is 14.3. The summed E-state index contributed by atoms with van der Waals surface area (Å²) in [6.45, 7) is 7.14. The van der Waals surface area contributed by atoms with Crippen LogP contribution in [0.3, 0.4) is 0 Å². The normalized spacial score (nSPS) is 21.0. The zero-order valence-electron chi connectivity index (χ0n) is 17.6. The molecule has 1 atom stereocenters. The van der Waals surface area contributed by atoms with Crippen molar-refractivity contribution in [1.82, 2.24) is 15.5 Å². The second-order valence-electron chi connectivity index (χ2n) is 8.08. The highest BCUT2D eigenvalue weighted by Crippen LogP contribution is 2.29. The maximum atomic E-state index is 12.3. The van der Waals surface area contributed by atoms with E-state index in [4.69, 9.17) is 18.9 Å².